The number of hydrogen-bond acceptors (Lipinski definition) is 4. The molecule has 0 fully saturated rings. The van der Waals surface area contributed by atoms with Gasteiger partial charge in [-0.05, 0) is 48.4 Å². The summed E-state index contributed by atoms with van der Waals surface area (Å²) in [4.78, 5) is 0. The van der Waals surface area contributed by atoms with Gasteiger partial charge in [-0.1, -0.05) is 51.4 Å². The summed E-state index contributed by atoms with van der Waals surface area (Å²) < 4.78 is 8.85. The van der Waals surface area contributed by atoms with Crippen LogP contribution in [-0.2, 0) is 19.4 Å². The Morgan fingerprint density at radius 2 is 2.04 bits per heavy atom. The van der Waals surface area contributed by atoms with E-state index < -0.39 is 0 Å². The summed E-state index contributed by atoms with van der Waals surface area (Å²) in [5, 5.41) is 10.1. The lowest BCUT2D eigenvalue weighted by Crippen LogP contribution is -2.04. The number of halogens is 2. The fraction of sp³-hybridized carbons (Fsp3) is 0.222. The predicted octanol–water partition coefficient (Wildman–Crippen LogP) is 5.41. The van der Waals surface area contributed by atoms with Crippen LogP contribution in [-0.4, -0.2) is 14.8 Å². The van der Waals surface area contributed by atoms with Crippen molar-refractivity contribution in [2.45, 2.75) is 24.4 Å². The van der Waals surface area contributed by atoms with E-state index in [-0.39, 0.29) is 0 Å². The van der Waals surface area contributed by atoms with Gasteiger partial charge < -0.3 is 9.30 Å². The zero-order valence-corrected chi connectivity index (χ0v) is 17.0. The van der Waals surface area contributed by atoms with Crippen LogP contribution in [0.3, 0.4) is 0 Å². The lowest BCUT2D eigenvalue weighted by atomic mass is 10.2. The fourth-order valence-electron chi connectivity index (χ4n) is 2.23. The molecular formula is C18H17BrClN3OS. The molecule has 3 rings (SSSR count). The molecule has 0 unspecified atom stereocenters. The predicted molar refractivity (Wildman–Crippen MR) is 105 cm³/mol. The molecule has 0 spiro atoms. The van der Waals surface area contributed by atoms with Crippen LogP contribution in [0.2, 0.25) is 5.02 Å². The van der Waals surface area contributed by atoms with E-state index in [1.54, 1.807) is 11.8 Å². The van der Waals surface area contributed by atoms with Gasteiger partial charge in [-0.25, -0.2) is 0 Å². The highest BCUT2D eigenvalue weighted by Crippen LogP contribution is 2.24. The van der Waals surface area contributed by atoms with Crippen molar-refractivity contribution in [3.05, 3.63) is 68.9 Å². The van der Waals surface area contributed by atoms with Crippen LogP contribution in [0.15, 0.2) is 52.1 Å². The molecule has 130 valence electrons. The van der Waals surface area contributed by atoms with E-state index in [1.165, 1.54) is 5.56 Å². The van der Waals surface area contributed by atoms with Crippen molar-refractivity contribution < 1.29 is 4.74 Å². The van der Waals surface area contributed by atoms with E-state index in [2.05, 4.69) is 38.3 Å². The van der Waals surface area contributed by atoms with Crippen molar-refractivity contribution in [2.75, 3.05) is 0 Å². The minimum atomic E-state index is 0.363. The number of hydrogen-bond donors (Lipinski definition) is 0. The quantitative estimate of drug-likeness (QED) is 0.482. The molecule has 0 bridgehead atoms. The van der Waals surface area contributed by atoms with E-state index in [4.69, 9.17) is 16.3 Å². The summed E-state index contributed by atoms with van der Waals surface area (Å²) >= 11 is 11.2. The third kappa shape index (κ3) is 4.77. The summed E-state index contributed by atoms with van der Waals surface area (Å²) in [6, 6.07) is 13.9. The van der Waals surface area contributed by atoms with E-state index in [1.807, 2.05) is 48.9 Å². The van der Waals surface area contributed by atoms with E-state index in [0.29, 0.717) is 6.61 Å². The maximum atomic E-state index is 6.03. The van der Waals surface area contributed by atoms with Crippen LogP contribution >= 0.6 is 39.3 Å². The SMILES string of the molecule is Cc1cc(OCc2nnc(SCc3cccc(Br)c3)n2C)ccc1Cl. The molecule has 1 heterocycles. The molecule has 0 aliphatic rings. The van der Waals surface area contributed by atoms with Crippen molar-refractivity contribution >= 4 is 39.3 Å². The molecule has 0 aliphatic heterocycles. The summed E-state index contributed by atoms with van der Waals surface area (Å²) in [5.41, 5.74) is 2.22. The van der Waals surface area contributed by atoms with Crippen LogP contribution in [0.1, 0.15) is 17.0 Å². The van der Waals surface area contributed by atoms with Gasteiger partial charge in [0, 0.05) is 22.3 Å². The smallest absolute Gasteiger partial charge is 0.191 e. The first-order valence-corrected chi connectivity index (χ1v) is 9.83. The van der Waals surface area contributed by atoms with Crippen LogP contribution in [0, 0.1) is 6.92 Å². The highest BCUT2D eigenvalue weighted by atomic mass is 79.9. The van der Waals surface area contributed by atoms with Gasteiger partial charge in [0.25, 0.3) is 0 Å². The molecule has 4 nitrogen and oxygen atoms in total. The van der Waals surface area contributed by atoms with Gasteiger partial charge in [0.05, 0.1) is 0 Å². The second-order valence-electron chi connectivity index (χ2n) is 5.58. The average molecular weight is 439 g/mol. The lowest BCUT2D eigenvalue weighted by molar-refractivity contribution is 0.290. The summed E-state index contributed by atoms with van der Waals surface area (Å²) in [7, 11) is 1.95. The van der Waals surface area contributed by atoms with E-state index in [9.17, 15) is 0 Å². The van der Waals surface area contributed by atoms with Crippen LogP contribution in [0.25, 0.3) is 0 Å². The van der Waals surface area contributed by atoms with Gasteiger partial charge in [0.1, 0.15) is 12.4 Å². The molecule has 3 aromatic rings. The molecule has 2 aromatic carbocycles. The number of aryl methyl sites for hydroxylation is 1. The lowest BCUT2D eigenvalue weighted by Gasteiger charge is -2.08. The normalized spacial score (nSPS) is 10.9. The number of ether oxygens (including phenoxy) is 1. The minimum Gasteiger partial charge on any atom is -0.486 e. The van der Waals surface area contributed by atoms with Crippen LogP contribution in [0.5, 0.6) is 5.75 Å². The van der Waals surface area contributed by atoms with Crippen molar-refractivity contribution in [1.29, 1.82) is 0 Å². The zero-order valence-electron chi connectivity index (χ0n) is 13.9. The van der Waals surface area contributed by atoms with Crippen molar-refractivity contribution in [3.8, 4) is 5.75 Å². The number of nitrogens with zero attached hydrogens (tertiary/aromatic N) is 3. The minimum absolute atomic E-state index is 0.363. The molecule has 0 aliphatic carbocycles. The van der Waals surface area contributed by atoms with Gasteiger partial charge in [0.15, 0.2) is 11.0 Å². The summed E-state index contributed by atoms with van der Waals surface area (Å²) in [6.45, 7) is 2.32. The number of thioether (sulfide) groups is 1. The van der Waals surface area contributed by atoms with Gasteiger partial charge >= 0.3 is 0 Å². The third-order valence-electron chi connectivity index (χ3n) is 3.68. The first-order valence-electron chi connectivity index (χ1n) is 7.67. The monoisotopic (exact) mass is 437 g/mol. The topological polar surface area (TPSA) is 39.9 Å². The van der Waals surface area contributed by atoms with Crippen LogP contribution in [0.4, 0.5) is 0 Å². The van der Waals surface area contributed by atoms with Crippen molar-refractivity contribution in [3.63, 3.8) is 0 Å². The Hall–Kier alpha value is -1.50. The largest absolute Gasteiger partial charge is 0.486 e. The molecule has 0 saturated carbocycles. The molecule has 7 heteroatoms. The van der Waals surface area contributed by atoms with E-state index in [0.717, 1.165) is 37.5 Å². The Labute approximate surface area is 164 Å². The third-order valence-corrected chi connectivity index (χ3v) is 5.69. The molecule has 0 radical (unpaired) electrons. The molecule has 0 N–H and O–H groups in total. The number of aromatic nitrogens is 3. The van der Waals surface area contributed by atoms with Gasteiger partial charge in [-0.2, -0.15) is 0 Å². The van der Waals surface area contributed by atoms with Gasteiger partial charge in [0.2, 0.25) is 0 Å². The molecular weight excluding hydrogens is 422 g/mol. The number of rotatable bonds is 6. The summed E-state index contributed by atoms with van der Waals surface area (Å²) in [6.07, 6.45) is 0. The Morgan fingerprint density at radius 1 is 1.20 bits per heavy atom. The first kappa shape index (κ1) is 18.3. The molecule has 25 heavy (non-hydrogen) atoms. The van der Waals surface area contributed by atoms with Crippen molar-refractivity contribution in [2.24, 2.45) is 7.05 Å². The maximum Gasteiger partial charge on any atom is 0.191 e. The Bertz CT molecular complexity index is 885. The van der Waals surface area contributed by atoms with E-state index >= 15 is 0 Å². The Balaban J connectivity index is 1.61. The van der Waals surface area contributed by atoms with Crippen LogP contribution < -0.4 is 4.74 Å². The zero-order chi connectivity index (χ0) is 17.8. The summed E-state index contributed by atoms with van der Waals surface area (Å²) in [5.74, 6) is 2.39. The Kier molecular flexibility index (Phi) is 6.04. The molecule has 1 aromatic heterocycles. The van der Waals surface area contributed by atoms with Crippen molar-refractivity contribution in [1.82, 2.24) is 14.8 Å². The second kappa shape index (κ2) is 8.25. The number of benzene rings is 2. The highest BCUT2D eigenvalue weighted by molar-refractivity contribution is 9.10. The van der Waals surface area contributed by atoms with Gasteiger partial charge in [-0.3, -0.25) is 0 Å². The fourth-order valence-corrected chi connectivity index (χ4v) is 3.66. The second-order valence-corrected chi connectivity index (χ2v) is 7.84. The average Bonchev–Trinajstić information content (AvgIpc) is 2.94. The first-order chi connectivity index (χ1) is 12.0. The standard InChI is InChI=1S/C18H17BrClN3OS/c1-12-8-15(6-7-16(12)20)24-10-17-21-22-18(23(17)2)25-11-13-4-3-5-14(19)9-13/h3-9H,10-11H2,1-2H3. The molecule has 0 amide bonds. The van der Waals surface area contributed by atoms with Gasteiger partial charge in [-0.15, -0.1) is 10.2 Å². The molecule has 0 saturated heterocycles. The highest BCUT2D eigenvalue weighted by Gasteiger charge is 2.10. The maximum absolute atomic E-state index is 6.03. The Morgan fingerprint density at radius 3 is 2.80 bits per heavy atom. The molecule has 0 atom stereocenters.